The zero-order chi connectivity index (χ0) is 28.7. The molecule has 3 atom stereocenters. The molecular weight excluding hydrogens is 524 g/mol. The molecule has 7 rings (SSSR count). The molecule has 4 heterocycles. The lowest BCUT2D eigenvalue weighted by atomic mass is 9.86. The van der Waals surface area contributed by atoms with Crippen molar-refractivity contribution in [1.29, 1.82) is 0 Å². The predicted molar refractivity (Wildman–Crippen MR) is 166 cm³/mol. The number of hydrogen-bond donors (Lipinski definition) is 2. The van der Waals surface area contributed by atoms with E-state index in [2.05, 4.69) is 53.1 Å². The third-order valence-electron chi connectivity index (χ3n) is 10.8. The van der Waals surface area contributed by atoms with Crippen LogP contribution in [-0.2, 0) is 19.4 Å². The Morgan fingerprint density at radius 3 is 2.60 bits per heavy atom. The Hall–Kier alpha value is -2.74. The van der Waals surface area contributed by atoms with E-state index in [1.54, 1.807) is 0 Å². The van der Waals surface area contributed by atoms with Gasteiger partial charge in [0.05, 0.1) is 29.6 Å². The van der Waals surface area contributed by atoms with Crippen LogP contribution in [0.1, 0.15) is 86.7 Å². The molecule has 224 valence electrons. The largest absolute Gasteiger partial charge is 0.461 e. The highest BCUT2D eigenvalue weighted by Crippen LogP contribution is 2.41. The Kier molecular flexibility index (Phi) is 7.84. The number of fused-ring (bicyclic) bond motifs is 3. The highest BCUT2D eigenvalue weighted by Gasteiger charge is 2.45. The molecule has 1 saturated carbocycles. The van der Waals surface area contributed by atoms with Gasteiger partial charge in [0.1, 0.15) is 6.61 Å². The van der Waals surface area contributed by atoms with Crippen LogP contribution in [0.4, 0.5) is 5.69 Å². The van der Waals surface area contributed by atoms with Gasteiger partial charge >= 0.3 is 6.01 Å². The molecule has 3 aliphatic heterocycles. The van der Waals surface area contributed by atoms with Gasteiger partial charge in [0, 0.05) is 30.1 Å². The molecule has 42 heavy (non-hydrogen) atoms. The molecule has 2 saturated heterocycles. The first-order valence-corrected chi connectivity index (χ1v) is 16.4. The van der Waals surface area contributed by atoms with Gasteiger partial charge in [0.25, 0.3) is 0 Å². The summed E-state index contributed by atoms with van der Waals surface area (Å²) in [5, 5.41) is 23.3. The third-order valence-corrected chi connectivity index (χ3v) is 10.8. The molecule has 7 heteroatoms. The number of aryl methyl sites for hydroxylation is 1. The number of ether oxygens (including phenoxy) is 1. The molecule has 0 spiro atoms. The van der Waals surface area contributed by atoms with Gasteiger partial charge in [-0.1, -0.05) is 37.3 Å². The Labute approximate surface area is 249 Å². The lowest BCUT2D eigenvalue weighted by Gasteiger charge is -2.34. The van der Waals surface area contributed by atoms with Crippen molar-refractivity contribution in [2.24, 2.45) is 5.92 Å². The average molecular weight is 571 g/mol. The van der Waals surface area contributed by atoms with E-state index in [0.29, 0.717) is 19.0 Å². The number of aromatic nitrogens is 2. The molecule has 1 aliphatic carbocycles. The normalized spacial score (nSPS) is 25.8. The van der Waals surface area contributed by atoms with Crippen molar-refractivity contribution in [3.8, 4) is 6.01 Å². The molecular formula is C35H46N4O3. The fraction of sp³-hybridized carbons (Fsp3) is 0.600. The second kappa shape index (κ2) is 11.7. The SMILES string of the molecule is CCc1cccc2cccc(N3CCc4c(nc(OCC56CCCN5CCC6)nc4C4CCC(O)CC(CO)C4)C3)c12. The summed E-state index contributed by atoms with van der Waals surface area (Å²) < 4.78 is 6.56. The van der Waals surface area contributed by atoms with Gasteiger partial charge in [-0.25, -0.2) is 0 Å². The molecule has 2 aromatic carbocycles. The van der Waals surface area contributed by atoms with E-state index in [1.807, 2.05) is 0 Å². The van der Waals surface area contributed by atoms with Gasteiger partial charge in [-0.05, 0) is 106 Å². The fourth-order valence-electron chi connectivity index (χ4n) is 8.57. The maximum absolute atomic E-state index is 10.6. The predicted octanol–water partition coefficient (Wildman–Crippen LogP) is 5.39. The Morgan fingerprint density at radius 2 is 1.81 bits per heavy atom. The highest BCUT2D eigenvalue weighted by molar-refractivity contribution is 5.97. The second-order valence-corrected chi connectivity index (χ2v) is 13.3. The lowest BCUT2D eigenvalue weighted by molar-refractivity contribution is 0.107. The van der Waals surface area contributed by atoms with Crippen molar-refractivity contribution >= 4 is 16.5 Å². The summed E-state index contributed by atoms with van der Waals surface area (Å²) in [6, 6.07) is 13.8. The van der Waals surface area contributed by atoms with Gasteiger partial charge in [0.15, 0.2) is 0 Å². The zero-order valence-electron chi connectivity index (χ0n) is 25.1. The van der Waals surface area contributed by atoms with E-state index in [-0.39, 0.29) is 30.1 Å². The van der Waals surface area contributed by atoms with Crippen molar-refractivity contribution in [1.82, 2.24) is 14.9 Å². The number of benzene rings is 2. The van der Waals surface area contributed by atoms with E-state index < -0.39 is 0 Å². The van der Waals surface area contributed by atoms with Crippen LogP contribution in [0.25, 0.3) is 10.8 Å². The van der Waals surface area contributed by atoms with Gasteiger partial charge in [-0.2, -0.15) is 9.97 Å². The Morgan fingerprint density at radius 1 is 1.00 bits per heavy atom. The Bertz CT molecular complexity index is 1410. The van der Waals surface area contributed by atoms with E-state index in [9.17, 15) is 10.2 Å². The average Bonchev–Trinajstić information content (AvgIpc) is 3.54. The first kappa shape index (κ1) is 28.1. The maximum atomic E-state index is 10.6. The first-order chi connectivity index (χ1) is 20.6. The summed E-state index contributed by atoms with van der Waals surface area (Å²) in [6.45, 7) is 6.99. The smallest absolute Gasteiger partial charge is 0.316 e. The van der Waals surface area contributed by atoms with Gasteiger partial charge in [0.2, 0.25) is 0 Å². The van der Waals surface area contributed by atoms with E-state index in [0.717, 1.165) is 56.6 Å². The summed E-state index contributed by atoms with van der Waals surface area (Å²) in [4.78, 5) is 15.4. The molecule has 0 amide bonds. The van der Waals surface area contributed by atoms with E-state index in [4.69, 9.17) is 14.7 Å². The molecule has 0 bridgehead atoms. The summed E-state index contributed by atoms with van der Waals surface area (Å²) in [6.07, 6.45) is 9.54. The Balaban J connectivity index is 1.24. The van der Waals surface area contributed by atoms with Crippen LogP contribution in [0.3, 0.4) is 0 Å². The molecule has 2 N–H and O–H groups in total. The maximum Gasteiger partial charge on any atom is 0.316 e. The van der Waals surface area contributed by atoms with Crippen molar-refractivity contribution in [2.45, 2.75) is 95.2 Å². The van der Waals surface area contributed by atoms with Crippen LogP contribution >= 0.6 is 0 Å². The van der Waals surface area contributed by atoms with Crippen LogP contribution in [0.2, 0.25) is 0 Å². The van der Waals surface area contributed by atoms with Gasteiger partial charge in [-0.3, -0.25) is 4.90 Å². The van der Waals surface area contributed by atoms with Crippen LogP contribution in [0.15, 0.2) is 36.4 Å². The minimum Gasteiger partial charge on any atom is -0.461 e. The zero-order valence-corrected chi connectivity index (χ0v) is 25.1. The second-order valence-electron chi connectivity index (χ2n) is 13.3. The standard InChI is InChI=1S/C35H46N4O3/c1-2-25-7-3-8-26-9-4-10-31(32(25)26)38-18-13-29-30(21-38)36-34(42-23-35-14-5-16-39(35)17-6-15-35)37-33(29)27-11-12-28(41)20-24(19-27)22-40/h3-4,7-10,24,27-28,40-41H,2,5-6,11-23H2,1H3. The molecule has 3 fully saturated rings. The number of rotatable bonds is 7. The summed E-state index contributed by atoms with van der Waals surface area (Å²) in [5.74, 6) is 0.289. The van der Waals surface area contributed by atoms with Crippen LogP contribution in [-0.4, -0.2) is 69.6 Å². The quantitative estimate of drug-likeness (QED) is 0.369. The van der Waals surface area contributed by atoms with Gasteiger partial charge in [-0.15, -0.1) is 0 Å². The van der Waals surface area contributed by atoms with Crippen molar-refractivity contribution in [3.05, 3.63) is 58.9 Å². The summed E-state index contributed by atoms with van der Waals surface area (Å²) >= 11 is 0. The van der Waals surface area contributed by atoms with E-state index in [1.165, 1.54) is 66.4 Å². The summed E-state index contributed by atoms with van der Waals surface area (Å²) in [5.41, 5.74) is 6.23. The van der Waals surface area contributed by atoms with E-state index >= 15 is 0 Å². The van der Waals surface area contributed by atoms with Gasteiger partial charge < -0.3 is 19.8 Å². The number of hydrogen-bond acceptors (Lipinski definition) is 7. The van der Waals surface area contributed by atoms with Crippen molar-refractivity contribution in [2.75, 3.05) is 37.7 Å². The third kappa shape index (κ3) is 5.18. The molecule has 0 radical (unpaired) electrons. The number of nitrogens with zero attached hydrogens (tertiary/aromatic N) is 4. The first-order valence-electron chi connectivity index (χ1n) is 16.4. The molecule has 3 unspecified atom stereocenters. The monoisotopic (exact) mass is 570 g/mol. The molecule has 4 aliphatic rings. The summed E-state index contributed by atoms with van der Waals surface area (Å²) in [7, 11) is 0. The fourth-order valence-corrected chi connectivity index (χ4v) is 8.57. The number of anilines is 1. The number of aliphatic hydroxyl groups excluding tert-OH is 2. The van der Waals surface area contributed by atoms with Crippen LogP contribution in [0, 0.1) is 5.92 Å². The van der Waals surface area contributed by atoms with Crippen LogP contribution in [0.5, 0.6) is 6.01 Å². The minimum absolute atomic E-state index is 0.0927. The number of aliphatic hydroxyl groups is 2. The topological polar surface area (TPSA) is 82.0 Å². The highest BCUT2D eigenvalue weighted by atomic mass is 16.5. The molecule has 3 aromatic rings. The van der Waals surface area contributed by atoms with Crippen molar-refractivity contribution < 1.29 is 14.9 Å². The van der Waals surface area contributed by atoms with Crippen LogP contribution < -0.4 is 9.64 Å². The van der Waals surface area contributed by atoms with Crippen molar-refractivity contribution in [3.63, 3.8) is 0 Å². The lowest BCUT2D eigenvalue weighted by Crippen LogP contribution is -2.43. The minimum atomic E-state index is -0.357. The molecule has 7 nitrogen and oxygen atoms in total. The molecule has 1 aromatic heterocycles.